The van der Waals surface area contributed by atoms with Gasteiger partial charge in [0.25, 0.3) is 0 Å². The van der Waals surface area contributed by atoms with Crippen LogP contribution in [0.1, 0.15) is 18.2 Å². The van der Waals surface area contributed by atoms with Gasteiger partial charge in [-0.3, -0.25) is 0 Å². The van der Waals surface area contributed by atoms with Crippen LogP contribution in [0, 0.1) is 0 Å². The highest BCUT2D eigenvalue weighted by atomic mass is 15.3. The number of rotatable bonds is 2. The lowest BCUT2D eigenvalue weighted by Crippen LogP contribution is -2.21. The topological polar surface area (TPSA) is 59.7 Å². The third-order valence-corrected chi connectivity index (χ3v) is 3.19. The van der Waals surface area contributed by atoms with Crippen LogP contribution in [0.15, 0.2) is 24.9 Å². The molecule has 1 aliphatic heterocycles. The molecular formula is C11H14N6. The minimum atomic E-state index is 0.442. The molecule has 6 heteroatoms. The van der Waals surface area contributed by atoms with Crippen LogP contribution in [0.2, 0.25) is 0 Å². The Morgan fingerprint density at radius 1 is 1.41 bits per heavy atom. The molecule has 0 saturated carbocycles. The van der Waals surface area contributed by atoms with E-state index in [1.807, 2.05) is 17.7 Å². The maximum Gasteiger partial charge on any atom is 0.137 e. The van der Waals surface area contributed by atoms with Crippen molar-refractivity contribution in [3.05, 3.63) is 30.7 Å². The van der Waals surface area contributed by atoms with Crippen LogP contribution in [0.3, 0.4) is 0 Å². The summed E-state index contributed by atoms with van der Waals surface area (Å²) >= 11 is 0. The van der Waals surface area contributed by atoms with Gasteiger partial charge in [-0.15, -0.1) is 10.2 Å². The van der Waals surface area contributed by atoms with E-state index in [0.29, 0.717) is 5.92 Å². The minimum Gasteiger partial charge on any atom is -0.356 e. The zero-order valence-electron chi connectivity index (χ0n) is 9.69. The van der Waals surface area contributed by atoms with E-state index >= 15 is 0 Å². The average Bonchev–Trinajstić information content (AvgIpc) is 2.98. The van der Waals surface area contributed by atoms with Crippen molar-refractivity contribution in [3.8, 4) is 0 Å². The summed E-state index contributed by atoms with van der Waals surface area (Å²) in [6, 6.07) is 1.94. The molecular weight excluding hydrogens is 216 g/mol. The van der Waals surface area contributed by atoms with E-state index in [4.69, 9.17) is 0 Å². The fraction of sp³-hybridized carbons (Fsp3) is 0.455. The van der Waals surface area contributed by atoms with Crippen molar-refractivity contribution in [2.24, 2.45) is 7.05 Å². The second-order valence-corrected chi connectivity index (χ2v) is 4.30. The summed E-state index contributed by atoms with van der Waals surface area (Å²) in [6.07, 6.45) is 6.21. The lowest BCUT2D eigenvalue weighted by molar-refractivity contribution is 0.662. The summed E-state index contributed by atoms with van der Waals surface area (Å²) < 4.78 is 1.99. The van der Waals surface area contributed by atoms with Crippen molar-refractivity contribution >= 4 is 5.82 Å². The molecule has 0 bridgehead atoms. The van der Waals surface area contributed by atoms with Crippen LogP contribution in [0.5, 0.6) is 0 Å². The first-order valence-corrected chi connectivity index (χ1v) is 5.69. The van der Waals surface area contributed by atoms with Crippen molar-refractivity contribution in [1.82, 2.24) is 24.7 Å². The summed E-state index contributed by atoms with van der Waals surface area (Å²) in [5.41, 5.74) is 0. The number of anilines is 1. The zero-order valence-corrected chi connectivity index (χ0v) is 9.69. The highest BCUT2D eigenvalue weighted by Gasteiger charge is 2.27. The lowest BCUT2D eigenvalue weighted by atomic mass is 10.1. The van der Waals surface area contributed by atoms with Gasteiger partial charge in [-0.1, -0.05) is 0 Å². The Labute approximate surface area is 99.3 Å². The Morgan fingerprint density at radius 2 is 2.35 bits per heavy atom. The summed E-state index contributed by atoms with van der Waals surface area (Å²) in [7, 11) is 1.99. The van der Waals surface area contributed by atoms with Crippen molar-refractivity contribution < 1.29 is 0 Å². The fourth-order valence-corrected chi connectivity index (χ4v) is 2.31. The predicted octanol–water partition coefficient (Wildman–Crippen LogP) is 0.599. The minimum absolute atomic E-state index is 0.442. The molecule has 0 amide bonds. The smallest absolute Gasteiger partial charge is 0.137 e. The molecule has 88 valence electrons. The molecule has 17 heavy (non-hydrogen) atoms. The van der Waals surface area contributed by atoms with E-state index in [-0.39, 0.29) is 0 Å². The van der Waals surface area contributed by atoms with E-state index in [1.54, 1.807) is 18.9 Å². The highest BCUT2D eigenvalue weighted by molar-refractivity contribution is 5.38. The largest absolute Gasteiger partial charge is 0.356 e. The Bertz CT molecular complexity index is 494. The standard InChI is InChI=1S/C11H14N6/c1-16-8-14-15-11(16)9-3-5-17(6-9)10-2-4-12-7-13-10/h2,4,7-9H,3,5-6H2,1H3/t9-/m1/s1. The highest BCUT2D eigenvalue weighted by Crippen LogP contribution is 2.27. The molecule has 2 aromatic heterocycles. The van der Waals surface area contributed by atoms with Crippen LogP contribution < -0.4 is 4.90 Å². The normalized spacial score (nSPS) is 19.8. The van der Waals surface area contributed by atoms with Crippen LogP contribution in [-0.2, 0) is 7.05 Å². The first-order chi connectivity index (χ1) is 8.34. The number of nitrogens with zero attached hydrogens (tertiary/aromatic N) is 6. The number of hydrogen-bond acceptors (Lipinski definition) is 5. The molecule has 6 nitrogen and oxygen atoms in total. The SMILES string of the molecule is Cn1cnnc1[C@@H]1CCN(c2ccncn2)C1. The van der Waals surface area contributed by atoms with Crippen LogP contribution in [0.4, 0.5) is 5.82 Å². The van der Waals surface area contributed by atoms with Gasteiger partial charge in [0.05, 0.1) is 0 Å². The van der Waals surface area contributed by atoms with E-state index in [2.05, 4.69) is 25.1 Å². The van der Waals surface area contributed by atoms with Gasteiger partial charge < -0.3 is 9.47 Å². The molecule has 0 spiro atoms. The molecule has 0 N–H and O–H groups in total. The van der Waals surface area contributed by atoms with Gasteiger partial charge in [-0.05, 0) is 12.5 Å². The Kier molecular flexibility index (Phi) is 2.47. The molecule has 2 aromatic rings. The number of aromatic nitrogens is 5. The molecule has 3 heterocycles. The summed E-state index contributed by atoms with van der Waals surface area (Å²) in [6.45, 7) is 1.96. The van der Waals surface area contributed by atoms with Crippen molar-refractivity contribution in [2.45, 2.75) is 12.3 Å². The van der Waals surface area contributed by atoms with E-state index in [1.165, 1.54) is 0 Å². The van der Waals surface area contributed by atoms with E-state index in [0.717, 1.165) is 31.2 Å². The van der Waals surface area contributed by atoms with Crippen molar-refractivity contribution in [1.29, 1.82) is 0 Å². The maximum atomic E-state index is 4.27. The molecule has 1 aliphatic rings. The number of hydrogen-bond donors (Lipinski definition) is 0. The molecule has 0 unspecified atom stereocenters. The van der Waals surface area contributed by atoms with Crippen LogP contribution >= 0.6 is 0 Å². The van der Waals surface area contributed by atoms with E-state index in [9.17, 15) is 0 Å². The molecule has 0 aromatic carbocycles. The molecule has 3 rings (SSSR count). The van der Waals surface area contributed by atoms with Gasteiger partial charge >= 0.3 is 0 Å². The average molecular weight is 230 g/mol. The summed E-state index contributed by atoms with van der Waals surface area (Å²) in [4.78, 5) is 10.5. The summed E-state index contributed by atoms with van der Waals surface area (Å²) in [5.74, 6) is 2.49. The van der Waals surface area contributed by atoms with E-state index < -0.39 is 0 Å². The second kappa shape index (κ2) is 4.12. The second-order valence-electron chi connectivity index (χ2n) is 4.30. The third-order valence-electron chi connectivity index (χ3n) is 3.19. The van der Waals surface area contributed by atoms with Gasteiger partial charge in [0.2, 0.25) is 0 Å². The Morgan fingerprint density at radius 3 is 3.06 bits per heavy atom. The first kappa shape index (κ1) is 10.2. The predicted molar refractivity (Wildman–Crippen MR) is 62.6 cm³/mol. The van der Waals surface area contributed by atoms with Crippen LogP contribution in [0.25, 0.3) is 0 Å². The van der Waals surface area contributed by atoms with Gasteiger partial charge in [-0.2, -0.15) is 0 Å². The monoisotopic (exact) mass is 230 g/mol. The first-order valence-electron chi connectivity index (χ1n) is 5.69. The maximum absolute atomic E-state index is 4.27. The fourth-order valence-electron chi connectivity index (χ4n) is 2.31. The summed E-state index contributed by atoms with van der Waals surface area (Å²) in [5, 5.41) is 8.11. The van der Waals surface area contributed by atoms with Crippen molar-refractivity contribution in [3.63, 3.8) is 0 Å². The zero-order chi connectivity index (χ0) is 11.7. The molecule has 1 saturated heterocycles. The molecule has 1 fully saturated rings. The number of aryl methyl sites for hydroxylation is 1. The Hall–Kier alpha value is -1.98. The Balaban J connectivity index is 1.77. The van der Waals surface area contributed by atoms with Gasteiger partial charge in [0, 0.05) is 32.3 Å². The molecule has 1 atom stereocenters. The molecule has 0 radical (unpaired) electrons. The van der Waals surface area contributed by atoms with Gasteiger partial charge in [-0.25, -0.2) is 9.97 Å². The third kappa shape index (κ3) is 1.86. The molecule has 0 aliphatic carbocycles. The quantitative estimate of drug-likeness (QED) is 0.756. The van der Waals surface area contributed by atoms with Gasteiger partial charge in [0.1, 0.15) is 24.3 Å². The van der Waals surface area contributed by atoms with Crippen LogP contribution in [-0.4, -0.2) is 37.8 Å². The van der Waals surface area contributed by atoms with Gasteiger partial charge in [0.15, 0.2) is 0 Å². The lowest BCUT2D eigenvalue weighted by Gasteiger charge is -2.16. The van der Waals surface area contributed by atoms with Crippen molar-refractivity contribution in [2.75, 3.05) is 18.0 Å².